The van der Waals surface area contributed by atoms with Crippen LogP contribution >= 0.6 is 0 Å². The Morgan fingerprint density at radius 2 is 1.45 bits per heavy atom. The molecule has 0 fully saturated rings. The standard InChI is InChI=1S/C6H6.C3H3NO/c1-2-4-6-5-3-1;1-2-4-3-5/h1-6H;2H,1H2. The number of nitrogens with zero attached hydrogens (tertiary/aromatic N) is 1. The third-order valence-electron chi connectivity index (χ3n) is 0.811. The molecule has 0 saturated carbocycles. The molecule has 0 N–H and O–H groups in total. The second-order valence-corrected chi connectivity index (χ2v) is 1.56. The molecule has 2 heteroatoms. The van der Waals surface area contributed by atoms with Crippen LogP contribution in [0.15, 0.2) is 54.2 Å². The lowest BCUT2D eigenvalue weighted by atomic mass is 10.4. The summed E-state index contributed by atoms with van der Waals surface area (Å²) >= 11 is 0. The second-order valence-electron chi connectivity index (χ2n) is 1.56. The van der Waals surface area contributed by atoms with Crippen LogP contribution in [0.1, 0.15) is 0 Å². The maximum Gasteiger partial charge on any atom is 0.239 e. The first-order valence-electron chi connectivity index (χ1n) is 3.09. The number of carbonyl (C=O) groups excluding carboxylic acids is 1. The zero-order valence-electron chi connectivity index (χ0n) is 6.10. The van der Waals surface area contributed by atoms with Gasteiger partial charge >= 0.3 is 0 Å². The topological polar surface area (TPSA) is 29.4 Å². The zero-order valence-corrected chi connectivity index (χ0v) is 6.10. The molecule has 0 radical (unpaired) electrons. The molecule has 1 aromatic carbocycles. The van der Waals surface area contributed by atoms with Gasteiger partial charge in [0.2, 0.25) is 6.08 Å². The fourth-order valence-electron chi connectivity index (χ4n) is 0.422. The van der Waals surface area contributed by atoms with Crippen molar-refractivity contribution in [2.45, 2.75) is 0 Å². The Hall–Kier alpha value is -1.66. The minimum atomic E-state index is 1.13. The highest BCUT2D eigenvalue weighted by Gasteiger charge is 1.57. The summed E-state index contributed by atoms with van der Waals surface area (Å²) < 4.78 is 0. The van der Waals surface area contributed by atoms with E-state index in [2.05, 4.69) is 11.6 Å². The maximum atomic E-state index is 9.04. The molecule has 0 bridgehead atoms. The van der Waals surface area contributed by atoms with Gasteiger partial charge in [-0.3, -0.25) is 0 Å². The van der Waals surface area contributed by atoms with E-state index in [1.54, 1.807) is 0 Å². The summed E-state index contributed by atoms with van der Waals surface area (Å²) in [6.45, 7) is 3.12. The highest BCUT2D eigenvalue weighted by atomic mass is 16.1. The van der Waals surface area contributed by atoms with Crippen molar-refractivity contribution in [2.24, 2.45) is 4.99 Å². The van der Waals surface area contributed by atoms with E-state index in [1.165, 1.54) is 6.08 Å². The van der Waals surface area contributed by atoms with Crippen LogP contribution in [0.2, 0.25) is 0 Å². The first kappa shape index (κ1) is 9.34. The van der Waals surface area contributed by atoms with Crippen molar-refractivity contribution in [1.29, 1.82) is 0 Å². The molecule has 0 atom stereocenters. The van der Waals surface area contributed by atoms with Gasteiger partial charge in [-0.15, -0.1) is 0 Å². The van der Waals surface area contributed by atoms with E-state index in [0.29, 0.717) is 0 Å². The van der Waals surface area contributed by atoms with Gasteiger partial charge in [0.25, 0.3) is 0 Å². The van der Waals surface area contributed by atoms with Crippen LogP contribution in [0.4, 0.5) is 0 Å². The molecule has 0 amide bonds. The number of rotatable bonds is 1. The van der Waals surface area contributed by atoms with Gasteiger partial charge in [-0.1, -0.05) is 43.0 Å². The lowest BCUT2D eigenvalue weighted by molar-refractivity contribution is 0.565. The van der Waals surface area contributed by atoms with E-state index in [-0.39, 0.29) is 0 Å². The molecule has 0 heterocycles. The van der Waals surface area contributed by atoms with E-state index in [1.807, 2.05) is 36.4 Å². The van der Waals surface area contributed by atoms with Crippen molar-refractivity contribution in [3.63, 3.8) is 0 Å². The first-order chi connectivity index (χ1) is 5.41. The Morgan fingerprint density at radius 3 is 1.55 bits per heavy atom. The number of isocyanates is 1. The van der Waals surface area contributed by atoms with E-state index >= 15 is 0 Å². The highest BCUT2D eigenvalue weighted by molar-refractivity contribution is 5.34. The molecule has 0 saturated heterocycles. The smallest absolute Gasteiger partial charge is 0.211 e. The largest absolute Gasteiger partial charge is 0.239 e. The molecule has 0 aliphatic heterocycles. The molecular formula is C9H9NO. The minimum absolute atomic E-state index is 1.13. The van der Waals surface area contributed by atoms with Crippen molar-refractivity contribution in [1.82, 2.24) is 0 Å². The summed E-state index contributed by atoms with van der Waals surface area (Å²) in [6.07, 6.45) is 2.41. The number of aliphatic imine (C=N–C) groups is 1. The van der Waals surface area contributed by atoms with Crippen molar-refractivity contribution < 1.29 is 4.79 Å². The molecule has 56 valence electrons. The van der Waals surface area contributed by atoms with E-state index < -0.39 is 0 Å². The summed E-state index contributed by atoms with van der Waals surface area (Å²) in [5, 5.41) is 0. The summed E-state index contributed by atoms with van der Waals surface area (Å²) in [6, 6.07) is 12.0. The lowest BCUT2D eigenvalue weighted by Gasteiger charge is -1.69. The number of hydrogen-bond donors (Lipinski definition) is 0. The molecule has 0 spiro atoms. The lowest BCUT2D eigenvalue weighted by Crippen LogP contribution is -1.47. The third-order valence-corrected chi connectivity index (χ3v) is 0.811. The van der Waals surface area contributed by atoms with E-state index in [9.17, 15) is 0 Å². The van der Waals surface area contributed by atoms with Crippen LogP contribution in [-0.2, 0) is 4.79 Å². The van der Waals surface area contributed by atoms with Gasteiger partial charge in [-0.25, -0.2) is 4.79 Å². The van der Waals surface area contributed by atoms with Crippen LogP contribution in [0.5, 0.6) is 0 Å². The van der Waals surface area contributed by atoms with Gasteiger partial charge in [0, 0.05) is 6.20 Å². The average Bonchev–Trinajstić information content (AvgIpc) is 2.10. The Kier molecular flexibility index (Phi) is 7.08. The normalized spacial score (nSPS) is 6.55. The van der Waals surface area contributed by atoms with Crippen LogP contribution in [-0.4, -0.2) is 6.08 Å². The van der Waals surface area contributed by atoms with Crippen molar-refractivity contribution in [3.8, 4) is 0 Å². The summed E-state index contributed by atoms with van der Waals surface area (Å²) in [5.74, 6) is 0. The molecule has 0 unspecified atom stereocenters. The molecule has 0 aromatic heterocycles. The maximum absolute atomic E-state index is 9.04. The molecule has 1 aromatic rings. The predicted octanol–water partition coefficient (Wildman–Crippen LogP) is 2.15. The quantitative estimate of drug-likeness (QED) is 0.442. The molecule has 0 aliphatic rings. The van der Waals surface area contributed by atoms with Gasteiger partial charge in [0.05, 0.1) is 0 Å². The molecule has 0 aliphatic carbocycles. The van der Waals surface area contributed by atoms with Gasteiger partial charge < -0.3 is 0 Å². The molecule has 2 nitrogen and oxygen atoms in total. The Morgan fingerprint density at radius 1 is 1.09 bits per heavy atom. The fourth-order valence-corrected chi connectivity index (χ4v) is 0.422. The number of hydrogen-bond acceptors (Lipinski definition) is 2. The monoisotopic (exact) mass is 147 g/mol. The molecular weight excluding hydrogens is 138 g/mol. The van der Waals surface area contributed by atoms with Gasteiger partial charge in [0.1, 0.15) is 0 Å². The van der Waals surface area contributed by atoms with Crippen LogP contribution < -0.4 is 0 Å². The highest BCUT2D eigenvalue weighted by Crippen LogP contribution is 1.79. The summed E-state index contributed by atoms with van der Waals surface area (Å²) in [4.78, 5) is 12.0. The minimum Gasteiger partial charge on any atom is -0.211 e. The van der Waals surface area contributed by atoms with Crippen molar-refractivity contribution in [3.05, 3.63) is 49.2 Å². The van der Waals surface area contributed by atoms with Gasteiger partial charge in [0.15, 0.2) is 0 Å². The predicted molar refractivity (Wildman–Crippen MR) is 44.8 cm³/mol. The third kappa shape index (κ3) is 8.34. The Labute approximate surface area is 65.9 Å². The van der Waals surface area contributed by atoms with Crippen molar-refractivity contribution >= 4 is 6.08 Å². The molecule has 1 rings (SSSR count). The zero-order chi connectivity index (χ0) is 8.36. The molecule has 11 heavy (non-hydrogen) atoms. The summed E-state index contributed by atoms with van der Waals surface area (Å²) in [5.41, 5.74) is 0. The van der Waals surface area contributed by atoms with E-state index in [4.69, 9.17) is 4.79 Å². The Bertz CT molecular complexity index is 198. The second kappa shape index (κ2) is 8.34. The SMILES string of the molecule is C=CN=C=O.c1ccccc1. The van der Waals surface area contributed by atoms with Gasteiger partial charge in [-0.2, -0.15) is 4.99 Å². The van der Waals surface area contributed by atoms with Crippen LogP contribution in [0, 0.1) is 0 Å². The van der Waals surface area contributed by atoms with Crippen LogP contribution in [0.3, 0.4) is 0 Å². The van der Waals surface area contributed by atoms with Gasteiger partial charge in [-0.05, 0) is 0 Å². The average molecular weight is 147 g/mol. The van der Waals surface area contributed by atoms with Crippen molar-refractivity contribution in [2.75, 3.05) is 0 Å². The van der Waals surface area contributed by atoms with E-state index in [0.717, 1.165) is 6.20 Å². The number of benzene rings is 1. The fraction of sp³-hybridized carbons (Fsp3) is 0. The first-order valence-corrected chi connectivity index (χ1v) is 3.09. The van der Waals surface area contributed by atoms with Crippen LogP contribution in [0.25, 0.3) is 0 Å². The summed E-state index contributed by atoms with van der Waals surface area (Å²) in [7, 11) is 0. The Balaban J connectivity index is 0.000000187.